The lowest BCUT2D eigenvalue weighted by Gasteiger charge is -2.26. The summed E-state index contributed by atoms with van der Waals surface area (Å²) in [7, 11) is -3.67. The first-order valence-electron chi connectivity index (χ1n) is 11.1. The predicted octanol–water partition coefficient (Wildman–Crippen LogP) is 3.96. The number of thiazole rings is 1. The van der Waals surface area contributed by atoms with Gasteiger partial charge in [0.05, 0.1) is 23.8 Å². The van der Waals surface area contributed by atoms with Gasteiger partial charge < -0.3 is 4.74 Å². The van der Waals surface area contributed by atoms with E-state index in [4.69, 9.17) is 4.74 Å². The van der Waals surface area contributed by atoms with Crippen LogP contribution in [0.4, 0.5) is 5.13 Å². The van der Waals surface area contributed by atoms with E-state index in [1.807, 2.05) is 5.38 Å². The number of anilines is 1. The fourth-order valence-corrected chi connectivity index (χ4v) is 6.43. The third-order valence-corrected chi connectivity index (χ3v) is 8.73. The Bertz CT molecular complexity index is 1280. The van der Waals surface area contributed by atoms with Crippen molar-refractivity contribution in [3.05, 3.63) is 64.5 Å². The number of carbonyl (C=O) groups excluding carboxylic acids is 1. The molecule has 0 saturated carbocycles. The summed E-state index contributed by atoms with van der Waals surface area (Å²) in [4.78, 5) is 17.5. The van der Waals surface area contributed by atoms with Crippen molar-refractivity contribution in [2.75, 3.05) is 31.6 Å². The molecule has 2 heterocycles. The van der Waals surface area contributed by atoms with E-state index >= 15 is 0 Å². The van der Waals surface area contributed by atoms with Gasteiger partial charge in [0.2, 0.25) is 10.0 Å². The normalized spacial score (nSPS) is 16.8. The summed E-state index contributed by atoms with van der Waals surface area (Å²) in [6.45, 7) is 1.36. The van der Waals surface area contributed by atoms with Gasteiger partial charge in [0.15, 0.2) is 5.13 Å². The highest BCUT2D eigenvalue weighted by molar-refractivity contribution is 7.89. The van der Waals surface area contributed by atoms with E-state index in [1.165, 1.54) is 51.7 Å². The van der Waals surface area contributed by atoms with E-state index in [0.717, 1.165) is 24.1 Å². The van der Waals surface area contributed by atoms with Crippen LogP contribution in [0.25, 0.3) is 11.3 Å². The highest BCUT2D eigenvalue weighted by Crippen LogP contribution is 2.30. The summed E-state index contributed by atoms with van der Waals surface area (Å²) < 4.78 is 32.5. The molecule has 9 heteroatoms. The third kappa shape index (κ3) is 4.72. The zero-order chi connectivity index (χ0) is 22.8. The van der Waals surface area contributed by atoms with Crippen LogP contribution in [-0.2, 0) is 27.6 Å². The maximum Gasteiger partial charge on any atom is 0.257 e. The van der Waals surface area contributed by atoms with Gasteiger partial charge in [-0.25, -0.2) is 13.4 Å². The number of sulfonamides is 1. The average molecular weight is 484 g/mol. The lowest BCUT2D eigenvalue weighted by Crippen LogP contribution is -2.40. The molecule has 1 N–H and O–H groups in total. The molecule has 1 aliphatic carbocycles. The summed E-state index contributed by atoms with van der Waals surface area (Å²) in [6.07, 6.45) is 4.69. The molecule has 2 aliphatic rings. The number of nitrogens with one attached hydrogen (secondary N) is 1. The Balaban J connectivity index is 1.32. The number of rotatable bonds is 5. The van der Waals surface area contributed by atoms with Gasteiger partial charge in [-0.15, -0.1) is 11.3 Å². The number of hydrogen-bond acceptors (Lipinski definition) is 6. The molecule has 0 bridgehead atoms. The molecule has 5 rings (SSSR count). The Morgan fingerprint density at radius 2 is 1.82 bits per heavy atom. The molecule has 172 valence electrons. The van der Waals surface area contributed by atoms with Gasteiger partial charge in [-0.3, -0.25) is 10.1 Å². The summed E-state index contributed by atoms with van der Waals surface area (Å²) in [5.41, 5.74) is 4.95. The number of amides is 1. The fourth-order valence-electron chi connectivity index (χ4n) is 4.26. The predicted molar refractivity (Wildman–Crippen MR) is 128 cm³/mol. The van der Waals surface area contributed by atoms with E-state index in [1.54, 1.807) is 12.1 Å². The second-order valence-corrected chi connectivity index (χ2v) is 11.0. The Kier molecular flexibility index (Phi) is 6.29. The Labute approximate surface area is 197 Å². The molecule has 1 saturated heterocycles. The van der Waals surface area contributed by atoms with Crippen LogP contribution in [0.2, 0.25) is 0 Å². The molecule has 1 fully saturated rings. The van der Waals surface area contributed by atoms with Crippen molar-refractivity contribution in [2.45, 2.75) is 30.6 Å². The third-order valence-electron chi connectivity index (χ3n) is 6.07. The minimum absolute atomic E-state index is 0.103. The SMILES string of the molecule is O=C(Nc1nc(-c2ccc3c(c2)CCCC3)cs1)c1cccc(S(=O)(=O)N2CCOCC2)c1. The van der Waals surface area contributed by atoms with Crippen LogP contribution in [0, 0.1) is 0 Å². The van der Waals surface area contributed by atoms with Crippen LogP contribution in [-0.4, -0.2) is 49.9 Å². The summed E-state index contributed by atoms with van der Waals surface area (Å²) in [5, 5.41) is 5.22. The van der Waals surface area contributed by atoms with Crippen LogP contribution in [0.3, 0.4) is 0 Å². The number of hydrogen-bond donors (Lipinski definition) is 1. The molecule has 3 aromatic rings. The van der Waals surface area contributed by atoms with Crippen molar-refractivity contribution in [2.24, 2.45) is 0 Å². The molecule has 7 nitrogen and oxygen atoms in total. The Morgan fingerprint density at radius 1 is 1.03 bits per heavy atom. The van der Waals surface area contributed by atoms with Crippen LogP contribution in [0.5, 0.6) is 0 Å². The zero-order valence-corrected chi connectivity index (χ0v) is 19.8. The highest BCUT2D eigenvalue weighted by atomic mass is 32.2. The van der Waals surface area contributed by atoms with Gasteiger partial charge in [-0.05, 0) is 61.1 Å². The summed E-state index contributed by atoms with van der Waals surface area (Å²) >= 11 is 1.35. The minimum atomic E-state index is -3.67. The smallest absolute Gasteiger partial charge is 0.257 e. The van der Waals surface area contributed by atoms with E-state index in [-0.39, 0.29) is 16.4 Å². The van der Waals surface area contributed by atoms with Gasteiger partial charge in [-0.1, -0.05) is 18.2 Å². The van der Waals surface area contributed by atoms with Crippen molar-refractivity contribution >= 4 is 32.4 Å². The quantitative estimate of drug-likeness (QED) is 0.593. The van der Waals surface area contributed by atoms with Gasteiger partial charge >= 0.3 is 0 Å². The number of aromatic nitrogens is 1. The first-order valence-corrected chi connectivity index (χ1v) is 13.4. The average Bonchev–Trinajstić information content (AvgIpc) is 3.33. The van der Waals surface area contributed by atoms with E-state index < -0.39 is 10.0 Å². The topological polar surface area (TPSA) is 88.6 Å². The molecule has 0 unspecified atom stereocenters. The molecule has 0 atom stereocenters. The molecule has 1 aromatic heterocycles. The minimum Gasteiger partial charge on any atom is -0.379 e. The van der Waals surface area contributed by atoms with E-state index in [2.05, 4.69) is 28.5 Å². The van der Waals surface area contributed by atoms with Gasteiger partial charge in [-0.2, -0.15) is 4.31 Å². The lowest BCUT2D eigenvalue weighted by atomic mass is 9.90. The van der Waals surface area contributed by atoms with Crippen molar-refractivity contribution < 1.29 is 17.9 Å². The Hall–Kier alpha value is -2.59. The monoisotopic (exact) mass is 483 g/mol. The maximum absolute atomic E-state index is 12.9. The van der Waals surface area contributed by atoms with Crippen LogP contribution in [0.15, 0.2) is 52.7 Å². The highest BCUT2D eigenvalue weighted by Gasteiger charge is 2.27. The van der Waals surface area contributed by atoms with Crippen molar-refractivity contribution in [1.29, 1.82) is 0 Å². The van der Waals surface area contributed by atoms with Crippen molar-refractivity contribution in [3.8, 4) is 11.3 Å². The first kappa shape index (κ1) is 22.2. The van der Waals surface area contributed by atoms with E-state index in [9.17, 15) is 13.2 Å². The van der Waals surface area contributed by atoms with Crippen LogP contribution < -0.4 is 5.32 Å². The molecular weight excluding hydrogens is 458 g/mol. The van der Waals surface area contributed by atoms with Gasteiger partial charge in [0.25, 0.3) is 5.91 Å². The number of ether oxygens (including phenoxy) is 1. The molecule has 1 aliphatic heterocycles. The number of aryl methyl sites for hydroxylation is 2. The number of benzene rings is 2. The van der Waals surface area contributed by atoms with Crippen molar-refractivity contribution in [3.63, 3.8) is 0 Å². The van der Waals surface area contributed by atoms with Crippen molar-refractivity contribution in [1.82, 2.24) is 9.29 Å². The van der Waals surface area contributed by atoms with Crippen LogP contribution >= 0.6 is 11.3 Å². The summed E-state index contributed by atoms with van der Waals surface area (Å²) in [5.74, 6) is -0.389. The molecule has 2 aromatic carbocycles. The number of nitrogens with zero attached hydrogens (tertiary/aromatic N) is 2. The summed E-state index contributed by atoms with van der Waals surface area (Å²) in [6, 6.07) is 12.6. The fraction of sp³-hybridized carbons (Fsp3) is 0.333. The lowest BCUT2D eigenvalue weighted by molar-refractivity contribution is 0.0730. The second-order valence-electron chi connectivity index (χ2n) is 8.23. The Morgan fingerprint density at radius 3 is 2.64 bits per heavy atom. The largest absolute Gasteiger partial charge is 0.379 e. The van der Waals surface area contributed by atoms with Crippen LogP contribution in [0.1, 0.15) is 34.3 Å². The van der Waals surface area contributed by atoms with E-state index in [0.29, 0.717) is 31.4 Å². The molecular formula is C24H25N3O4S2. The number of fused-ring (bicyclic) bond motifs is 1. The number of carbonyl (C=O) groups is 1. The molecule has 0 radical (unpaired) electrons. The first-order chi connectivity index (χ1) is 16.0. The standard InChI is InChI=1S/C24H25N3O4S2/c28-23(20-6-3-7-21(15-20)33(29,30)27-10-12-31-13-11-27)26-24-25-22(16-32-24)19-9-8-17-4-1-2-5-18(17)14-19/h3,6-9,14-16H,1-2,4-5,10-13H2,(H,25,26,28). The number of morpholine rings is 1. The van der Waals surface area contributed by atoms with Gasteiger partial charge in [0, 0.05) is 29.6 Å². The molecule has 33 heavy (non-hydrogen) atoms. The maximum atomic E-state index is 12.9. The molecule has 1 amide bonds. The molecule has 0 spiro atoms. The second kappa shape index (κ2) is 9.34. The van der Waals surface area contributed by atoms with Gasteiger partial charge in [0.1, 0.15) is 0 Å². The zero-order valence-electron chi connectivity index (χ0n) is 18.1.